The summed E-state index contributed by atoms with van der Waals surface area (Å²) in [6.45, 7) is 7.91. The highest BCUT2D eigenvalue weighted by atomic mass is 32.2. The van der Waals surface area contributed by atoms with Crippen LogP contribution in [0.15, 0.2) is 70.9 Å². The molecule has 3 amide bonds. The van der Waals surface area contributed by atoms with Crippen molar-refractivity contribution in [3.8, 4) is 5.75 Å². The van der Waals surface area contributed by atoms with Crippen LogP contribution >= 0.6 is 11.3 Å². The summed E-state index contributed by atoms with van der Waals surface area (Å²) in [5.74, 6) is -0.952. The summed E-state index contributed by atoms with van der Waals surface area (Å²) in [7, 11) is -4.07. The van der Waals surface area contributed by atoms with Gasteiger partial charge >= 0.3 is 11.0 Å². The maximum atomic E-state index is 14.0. The van der Waals surface area contributed by atoms with E-state index < -0.39 is 39.0 Å². The Balaban J connectivity index is 1.56. The third-order valence-electron chi connectivity index (χ3n) is 8.08. The zero-order valence-corrected chi connectivity index (χ0v) is 29.1. The van der Waals surface area contributed by atoms with Crippen molar-refractivity contribution in [1.29, 1.82) is 0 Å². The van der Waals surface area contributed by atoms with E-state index in [1.165, 1.54) is 39.5 Å². The number of nitrogens with zero attached hydrogens (tertiary/aromatic N) is 4. The summed E-state index contributed by atoms with van der Waals surface area (Å²) in [6, 6.07) is 13.6. The molecule has 1 aromatic heterocycles. The van der Waals surface area contributed by atoms with Gasteiger partial charge in [0.25, 0.3) is 0 Å². The highest BCUT2D eigenvalue weighted by Gasteiger charge is 2.40. The number of urea groups is 1. The number of nitrogens with one attached hydrogen (secondary N) is 1. The summed E-state index contributed by atoms with van der Waals surface area (Å²) in [5, 5.41) is 37.0. The molecule has 260 valence electrons. The molecule has 0 unspecified atom stereocenters. The number of aromatic hydroxyl groups is 1. The Hall–Kier alpha value is -4.05. The molecule has 1 aliphatic heterocycles. The van der Waals surface area contributed by atoms with Crippen molar-refractivity contribution in [2.45, 2.75) is 63.7 Å². The van der Waals surface area contributed by atoms with Crippen molar-refractivity contribution in [2.75, 3.05) is 26.2 Å². The number of amides is 3. The van der Waals surface area contributed by atoms with E-state index in [1.807, 2.05) is 58.0 Å². The fourth-order valence-corrected chi connectivity index (χ4v) is 8.11. The first-order valence-corrected chi connectivity index (χ1v) is 18.1. The summed E-state index contributed by atoms with van der Waals surface area (Å²) in [5.41, 5.74) is 1.44. The molecule has 1 saturated heterocycles. The first-order valence-electron chi connectivity index (χ1n) is 15.8. The van der Waals surface area contributed by atoms with E-state index in [1.54, 1.807) is 10.3 Å². The molecule has 4 rings (SSSR count). The number of benzene rings is 2. The van der Waals surface area contributed by atoms with E-state index in [4.69, 9.17) is 0 Å². The molecule has 3 N–H and O–H groups in total. The highest BCUT2D eigenvalue weighted by molar-refractivity contribution is 7.89. The number of carbonyl (C=O) groups excluding carboxylic acids is 2. The molecule has 48 heavy (non-hydrogen) atoms. The molecule has 0 spiro atoms. The van der Waals surface area contributed by atoms with Crippen molar-refractivity contribution in [3.63, 3.8) is 0 Å². The second-order valence-corrected chi connectivity index (χ2v) is 15.5. The van der Waals surface area contributed by atoms with Crippen LogP contribution in [0.1, 0.15) is 38.8 Å². The normalized spacial score (nSPS) is 15.7. The summed E-state index contributed by atoms with van der Waals surface area (Å²) >= 11 is 0.987. The van der Waals surface area contributed by atoms with Crippen molar-refractivity contribution in [2.24, 2.45) is 11.8 Å². The van der Waals surface area contributed by atoms with Crippen LogP contribution in [0.4, 0.5) is 9.80 Å². The molecule has 0 radical (unpaired) electrons. The second-order valence-electron chi connectivity index (χ2n) is 12.7. The third-order valence-corrected chi connectivity index (χ3v) is 10.9. The summed E-state index contributed by atoms with van der Waals surface area (Å²) < 4.78 is 28.6. The molecule has 0 aliphatic carbocycles. The molecule has 0 saturated carbocycles. The van der Waals surface area contributed by atoms with Gasteiger partial charge in [0.15, 0.2) is 0 Å². The number of hydrogen-bond acceptors (Lipinski definition) is 9. The number of carbonyl (C=O) groups is 2. The molecule has 1 aliphatic rings. The number of sulfonamides is 1. The van der Waals surface area contributed by atoms with Crippen LogP contribution in [0.25, 0.3) is 0 Å². The van der Waals surface area contributed by atoms with Crippen LogP contribution < -0.4 is 5.32 Å². The van der Waals surface area contributed by atoms with Gasteiger partial charge in [-0.25, -0.2) is 13.2 Å². The van der Waals surface area contributed by atoms with Gasteiger partial charge in [-0.05, 0) is 53.6 Å². The van der Waals surface area contributed by atoms with Gasteiger partial charge in [-0.15, -0.1) is 0 Å². The Morgan fingerprint density at radius 3 is 2.29 bits per heavy atom. The van der Waals surface area contributed by atoms with E-state index in [2.05, 4.69) is 5.32 Å². The topological polar surface area (TPSA) is 174 Å². The van der Waals surface area contributed by atoms with Crippen molar-refractivity contribution in [3.05, 3.63) is 87.3 Å². The van der Waals surface area contributed by atoms with Crippen LogP contribution in [0.3, 0.4) is 0 Å². The minimum atomic E-state index is -4.07. The molecular formula is C33H43N5O8S2. The zero-order valence-electron chi connectivity index (χ0n) is 27.4. The van der Waals surface area contributed by atoms with Gasteiger partial charge in [0, 0.05) is 44.2 Å². The molecule has 0 bridgehead atoms. The Bertz CT molecular complexity index is 1660. The SMILES string of the molecule is CC(C)CN(C[C@H](O)[C@H](Cc1ccccc1)NC(=O)[C@H](C(C)C)N1CCN(Cc2csc([N+](=O)[O-])c2)C1=O)S(=O)(=O)c1ccc(O)cc1. The number of rotatable bonds is 16. The van der Waals surface area contributed by atoms with Gasteiger partial charge in [0.2, 0.25) is 15.9 Å². The minimum absolute atomic E-state index is 0.0150. The van der Waals surface area contributed by atoms with Gasteiger partial charge in [0.05, 0.1) is 22.0 Å². The number of hydrogen-bond donors (Lipinski definition) is 3. The van der Waals surface area contributed by atoms with Crippen LogP contribution in [0, 0.1) is 22.0 Å². The molecule has 2 aromatic carbocycles. The molecule has 3 aromatic rings. The van der Waals surface area contributed by atoms with Gasteiger partial charge in [0.1, 0.15) is 11.8 Å². The number of phenols is 1. The molecule has 13 nitrogen and oxygen atoms in total. The third kappa shape index (κ3) is 9.09. The maximum absolute atomic E-state index is 14.0. The standard InChI is InChI=1S/C33H43N5O8S2/c1-22(2)18-36(48(45,46)27-12-10-26(39)11-13-27)20-29(40)28(16-24-8-6-5-7-9-24)34-32(41)31(23(3)4)37-15-14-35(33(37)42)19-25-17-30(38(43)44)47-21-25/h5-13,17,21-23,28-29,31,39-40H,14-16,18-20H2,1-4H3,(H,34,41)/t28-,29-,31-/m0/s1. The molecule has 1 fully saturated rings. The van der Waals surface area contributed by atoms with Crippen LogP contribution in [0.5, 0.6) is 5.75 Å². The molecule has 2 heterocycles. The smallest absolute Gasteiger partial charge is 0.324 e. The van der Waals surface area contributed by atoms with Crippen LogP contribution in [-0.4, -0.2) is 94.0 Å². The Kier molecular flexibility index (Phi) is 12.2. The monoisotopic (exact) mass is 701 g/mol. The summed E-state index contributed by atoms with van der Waals surface area (Å²) in [6.07, 6.45) is -1.13. The Labute approximate surface area is 285 Å². The number of nitro groups is 1. The zero-order chi connectivity index (χ0) is 35.2. The van der Waals surface area contributed by atoms with Crippen molar-refractivity contribution >= 4 is 38.3 Å². The Morgan fingerprint density at radius 2 is 1.71 bits per heavy atom. The van der Waals surface area contributed by atoms with E-state index in [9.17, 15) is 38.3 Å². The van der Waals surface area contributed by atoms with Crippen LogP contribution in [0.2, 0.25) is 0 Å². The number of thiophene rings is 1. The van der Waals surface area contributed by atoms with Gasteiger partial charge in [-0.3, -0.25) is 14.9 Å². The average Bonchev–Trinajstić information content (AvgIpc) is 3.64. The van der Waals surface area contributed by atoms with Crippen molar-refractivity contribution < 1.29 is 33.1 Å². The lowest BCUT2D eigenvalue weighted by molar-refractivity contribution is -0.380. The first kappa shape index (κ1) is 36.8. The predicted octanol–water partition coefficient (Wildman–Crippen LogP) is 4.06. The fourth-order valence-electron chi connectivity index (χ4n) is 5.77. The number of aliphatic hydroxyl groups excluding tert-OH is 1. The molecule has 3 atom stereocenters. The van der Waals surface area contributed by atoms with E-state index in [0.29, 0.717) is 12.1 Å². The van der Waals surface area contributed by atoms with E-state index >= 15 is 0 Å². The lowest BCUT2D eigenvalue weighted by Crippen LogP contribution is -2.57. The lowest BCUT2D eigenvalue weighted by atomic mass is 9.97. The quantitative estimate of drug-likeness (QED) is 0.148. The molecular weight excluding hydrogens is 659 g/mol. The Morgan fingerprint density at radius 1 is 1.04 bits per heavy atom. The average molecular weight is 702 g/mol. The number of phenolic OH excluding ortho intramolecular Hbond substituents is 1. The number of aliphatic hydroxyl groups is 1. The summed E-state index contributed by atoms with van der Waals surface area (Å²) in [4.78, 5) is 41.2. The predicted molar refractivity (Wildman–Crippen MR) is 182 cm³/mol. The lowest BCUT2D eigenvalue weighted by Gasteiger charge is -2.34. The second kappa shape index (κ2) is 15.9. The van der Waals surface area contributed by atoms with Crippen LogP contribution in [-0.2, 0) is 27.8 Å². The van der Waals surface area contributed by atoms with E-state index in [0.717, 1.165) is 16.9 Å². The van der Waals surface area contributed by atoms with Gasteiger partial charge < -0.3 is 25.3 Å². The largest absolute Gasteiger partial charge is 0.508 e. The van der Waals surface area contributed by atoms with Crippen molar-refractivity contribution in [1.82, 2.24) is 19.4 Å². The first-order chi connectivity index (χ1) is 22.7. The van der Waals surface area contributed by atoms with Gasteiger partial charge in [-0.2, -0.15) is 4.31 Å². The minimum Gasteiger partial charge on any atom is -0.508 e. The fraction of sp³-hybridized carbons (Fsp3) is 0.455. The maximum Gasteiger partial charge on any atom is 0.324 e. The molecule has 15 heteroatoms. The highest BCUT2D eigenvalue weighted by Crippen LogP contribution is 2.27. The van der Waals surface area contributed by atoms with Gasteiger partial charge in [-0.1, -0.05) is 69.4 Å². The van der Waals surface area contributed by atoms with E-state index in [-0.39, 0.29) is 66.1 Å².